The van der Waals surface area contributed by atoms with Gasteiger partial charge in [-0.1, -0.05) is 6.42 Å². The van der Waals surface area contributed by atoms with E-state index < -0.39 is 0 Å². The zero-order chi connectivity index (χ0) is 11.8. The van der Waals surface area contributed by atoms with E-state index in [1.54, 1.807) is 11.3 Å². The number of imidazole rings is 1. The lowest BCUT2D eigenvalue weighted by molar-refractivity contribution is 0.110. The maximum atomic E-state index is 4.64. The van der Waals surface area contributed by atoms with Crippen molar-refractivity contribution in [2.75, 3.05) is 6.54 Å². The van der Waals surface area contributed by atoms with Crippen LogP contribution in [0.2, 0.25) is 0 Å². The van der Waals surface area contributed by atoms with Crippen LogP contribution in [-0.2, 0) is 0 Å². The van der Waals surface area contributed by atoms with Crippen molar-refractivity contribution in [1.82, 2.24) is 14.3 Å². The first-order chi connectivity index (χ1) is 8.27. The van der Waals surface area contributed by atoms with Gasteiger partial charge < -0.3 is 0 Å². The highest BCUT2D eigenvalue weighted by molar-refractivity contribution is 7.15. The number of hydrogen-bond acceptors (Lipinski definition) is 3. The monoisotopic (exact) mass is 249 g/mol. The summed E-state index contributed by atoms with van der Waals surface area (Å²) < 4.78 is 2.15. The Morgan fingerprint density at radius 1 is 1.41 bits per heavy atom. The number of rotatable bonds is 2. The van der Waals surface area contributed by atoms with Gasteiger partial charge in [-0.05, 0) is 33.2 Å². The van der Waals surface area contributed by atoms with Crippen molar-refractivity contribution >= 4 is 16.2 Å². The summed E-state index contributed by atoms with van der Waals surface area (Å²) in [6.45, 7) is 5.80. The lowest BCUT2D eigenvalue weighted by atomic mass is 9.98. The van der Waals surface area contributed by atoms with Crippen LogP contribution in [0.1, 0.15) is 44.8 Å². The molecule has 0 N–H and O–H groups in total. The number of piperidine rings is 1. The van der Waals surface area contributed by atoms with E-state index in [9.17, 15) is 0 Å². The molecule has 92 valence electrons. The van der Waals surface area contributed by atoms with E-state index in [-0.39, 0.29) is 0 Å². The molecule has 0 bridgehead atoms. The molecule has 3 nitrogen and oxygen atoms in total. The highest BCUT2D eigenvalue weighted by Gasteiger charge is 2.28. The predicted molar refractivity (Wildman–Crippen MR) is 71.5 cm³/mol. The molecule has 2 aromatic rings. The molecular formula is C13H19N3S. The molecule has 0 aromatic carbocycles. The summed E-state index contributed by atoms with van der Waals surface area (Å²) in [5.74, 6) is 0. The minimum atomic E-state index is 0.521. The van der Waals surface area contributed by atoms with Crippen LogP contribution < -0.4 is 0 Å². The van der Waals surface area contributed by atoms with Crippen LogP contribution in [0.4, 0.5) is 0 Å². The summed E-state index contributed by atoms with van der Waals surface area (Å²) in [4.78, 5) is 8.57. The van der Waals surface area contributed by atoms with E-state index in [0.717, 1.165) is 0 Å². The molecule has 2 aromatic heterocycles. The first-order valence-corrected chi connectivity index (χ1v) is 7.31. The summed E-state index contributed by atoms with van der Waals surface area (Å²) in [5, 5.41) is 2.14. The zero-order valence-corrected chi connectivity index (χ0v) is 11.3. The first-order valence-electron chi connectivity index (χ1n) is 6.43. The van der Waals surface area contributed by atoms with E-state index in [1.165, 1.54) is 36.3 Å². The van der Waals surface area contributed by atoms with Crippen LogP contribution in [-0.4, -0.2) is 26.9 Å². The third-order valence-electron chi connectivity index (χ3n) is 3.70. The second-order valence-corrected chi connectivity index (χ2v) is 5.98. The molecule has 1 atom stereocenters. The van der Waals surface area contributed by atoms with Crippen molar-refractivity contribution in [2.45, 2.75) is 45.2 Å². The van der Waals surface area contributed by atoms with Gasteiger partial charge in [0.25, 0.3) is 0 Å². The van der Waals surface area contributed by atoms with Gasteiger partial charge >= 0.3 is 0 Å². The fourth-order valence-corrected chi connectivity index (χ4v) is 3.71. The smallest absolute Gasteiger partial charge is 0.124 e. The van der Waals surface area contributed by atoms with E-state index in [1.807, 2.05) is 6.33 Å². The number of likely N-dealkylation sites (tertiary alicyclic amines) is 1. The van der Waals surface area contributed by atoms with Crippen molar-refractivity contribution in [3.05, 3.63) is 23.6 Å². The minimum Gasteiger partial charge on any atom is -0.297 e. The molecule has 1 fully saturated rings. The topological polar surface area (TPSA) is 20.5 Å². The summed E-state index contributed by atoms with van der Waals surface area (Å²) in [6.07, 6.45) is 7.96. The molecule has 0 spiro atoms. The van der Waals surface area contributed by atoms with Crippen LogP contribution in [0.25, 0.3) is 4.83 Å². The van der Waals surface area contributed by atoms with E-state index >= 15 is 0 Å². The van der Waals surface area contributed by atoms with Gasteiger partial charge in [0.05, 0.1) is 11.7 Å². The Hall–Kier alpha value is -0.870. The van der Waals surface area contributed by atoms with Gasteiger partial charge in [0.2, 0.25) is 0 Å². The van der Waals surface area contributed by atoms with Gasteiger partial charge in [0, 0.05) is 17.6 Å². The summed E-state index contributed by atoms with van der Waals surface area (Å²) in [6, 6.07) is 1.13. The van der Waals surface area contributed by atoms with Gasteiger partial charge in [-0.15, -0.1) is 11.3 Å². The quantitative estimate of drug-likeness (QED) is 0.813. The van der Waals surface area contributed by atoms with Crippen LogP contribution in [0.3, 0.4) is 0 Å². The molecule has 0 amide bonds. The molecule has 0 unspecified atom stereocenters. The van der Waals surface area contributed by atoms with Crippen molar-refractivity contribution < 1.29 is 0 Å². The molecule has 4 heteroatoms. The Balaban J connectivity index is 1.98. The third-order valence-corrected chi connectivity index (χ3v) is 4.60. The summed E-state index contributed by atoms with van der Waals surface area (Å²) >= 11 is 1.80. The fourth-order valence-electron chi connectivity index (χ4n) is 2.85. The fraction of sp³-hybridized carbons (Fsp3) is 0.615. The summed E-state index contributed by atoms with van der Waals surface area (Å²) in [7, 11) is 0. The third kappa shape index (κ3) is 1.89. The maximum Gasteiger partial charge on any atom is 0.124 e. The van der Waals surface area contributed by atoms with Crippen LogP contribution in [0.15, 0.2) is 17.9 Å². The molecule has 17 heavy (non-hydrogen) atoms. The number of nitrogens with zero attached hydrogens (tertiary/aromatic N) is 3. The maximum absolute atomic E-state index is 4.64. The number of hydrogen-bond donors (Lipinski definition) is 0. The minimum absolute atomic E-state index is 0.521. The zero-order valence-electron chi connectivity index (χ0n) is 10.5. The number of thiazole rings is 1. The largest absolute Gasteiger partial charge is 0.297 e. The van der Waals surface area contributed by atoms with Gasteiger partial charge in [-0.2, -0.15) is 0 Å². The average Bonchev–Trinajstić information content (AvgIpc) is 2.90. The Morgan fingerprint density at radius 2 is 2.29 bits per heavy atom. The van der Waals surface area contributed by atoms with Crippen LogP contribution in [0, 0.1) is 0 Å². The van der Waals surface area contributed by atoms with E-state index in [2.05, 4.69) is 39.7 Å². The lowest BCUT2D eigenvalue weighted by Gasteiger charge is -2.37. The van der Waals surface area contributed by atoms with E-state index in [0.29, 0.717) is 12.1 Å². The average molecular weight is 249 g/mol. The predicted octanol–water partition coefficient (Wildman–Crippen LogP) is 3.33. The Kier molecular flexibility index (Phi) is 2.92. The van der Waals surface area contributed by atoms with Crippen molar-refractivity contribution in [3.8, 4) is 0 Å². The first kappa shape index (κ1) is 11.2. The molecule has 1 aliphatic heterocycles. The second-order valence-electron chi connectivity index (χ2n) is 5.09. The highest BCUT2D eigenvalue weighted by Crippen LogP contribution is 2.34. The number of aromatic nitrogens is 2. The number of fused-ring (bicyclic) bond motifs is 1. The molecule has 0 aliphatic carbocycles. The van der Waals surface area contributed by atoms with Crippen molar-refractivity contribution in [3.63, 3.8) is 0 Å². The summed E-state index contributed by atoms with van der Waals surface area (Å²) in [5.41, 5.74) is 1.29. The molecule has 0 saturated carbocycles. The van der Waals surface area contributed by atoms with Gasteiger partial charge in [0.15, 0.2) is 0 Å². The Bertz CT molecular complexity index is 499. The molecule has 0 radical (unpaired) electrons. The second kappa shape index (κ2) is 4.42. The molecule has 3 rings (SSSR count). The van der Waals surface area contributed by atoms with Gasteiger partial charge in [-0.3, -0.25) is 9.30 Å². The Labute approximate surface area is 106 Å². The molecule has 1 aliphatic rings. The standard InChI is InChI=1S/C13H19N3S/c1-10(2)16-6-4-3-5-11(16)12-13-15(9-14-12)7-8-17-13/h7-11H,3-6H2,1-2H3/t11-/m0/s1. The lowest BCUT2D eigenvalue weighted by Crippen LogP contribution is -2.38. The molecular weight excluding hydrogens is 230 g/mol. The van der Waals surface area contributed by atoms with Gasteiger partial charge in [0.1, 0.15) is 11.2 Å². The van der Waals surface area contributed by atoms with Crippen molar-refractivity contribution in [2.24, 2.45) is 0 Å². The SMILES string of the molecule is CC(C)N1CCCC[C@H]1c1ncn2ccsc12. The van der Waals surface area contributed by atoms with Gasteiger partial charge in [-0.25, -0.2) is 4.98 Å². The normalized spacial score (nSPS) is 22.6. The van der Waals surface area contributed by atoms with Crippen LogP contribution in [0.5, 0.6) is 0 Å². The van der Waals surface area contributed by atoms with E-state index in [4.69, 9.17) is 0 Å². The highest BCUT2D eigenvalue weighted by atomic mass is 32.1. The van der Waals surface area contributed by atoms with Crippen molar-refractivity contribution in [1.29, 1.82) is 0 Å². The van der Waals surface area contributed by atoms with Crippen LogP contribution >= 0.6 is 11.3 Å². The molecule has 3 heterocycles. The Morgan fingerprint density at radius 3 is 3.12 bits per heavy atom. The molecule has 1 saturated heterocycles.